The van der Waals surface area contributed by atoms with Crippen LogP contribution < -0.4 is 10.1 Å². The molecule has 1 fully saturated rings. The molecule has 1 aliphatic heterocycles. The summed E-state index contributed by atoms with van der Waals surface area (Å²) in [6.07, 6.45) is 0.924. The number of methoxy groups -OCH3 is 1. The van der Waals surface area contributed by atoms with Crippen molar-refractivity contribution < 1.29 is 17.9 Å². The van der Waals surface area contributed by atoms with Gasteiger partial charge in [0.15, 0.2) is 0 Å². The fourth-order valence-electron chi connectivity index (χ4n) is 3.65. The summed E-state index contributed by atoms with van der Waals surface area (Å²) >= 11 is 9.54. The lowest BCUT2D eigenvalue weighted by molar-refractivity contribution is -0.120. The number of ether oxygens (including phenoxy) is 1. The van der Waals surface area contributed by atoms with Crippen LogP contribution in [0.25, 0.3) is 0 Å². The minimum atomic E-state index is -3.68. The largest absolute Gasteiger partial charge is 0.495 e. The molecule has 30 heavy (non-hydrogen) atoms. The Balaban J connectivity index is 1.67. The van der Waals surface area contributed by atoms with E-state index in [0.717, 1.165) is 21.3 Å². The maximum absolute atomic E-state index is 12.9. The molecular weight excluding hydrogens is 492 g/mol. The van der Waals surface area contributed by atoms with Crippen LogP contribution in [0, 0.1) is 19.8 Å². The molecule has 0 aliphatic carbocycles. The molecule has 3 rings (SSSR count). The molecule has 9 heteroatoms. The summed E-state index contributed by atoms with van der Waals surface area (Å²) in [6.45, 7) is 4.45. The average Bonchev–Trinajstić information content (AvgIpc) is 2.70. The Bertz CT molecular complexity index is 1040. The Hall–Kier alpha value is -1.61. The molecule has 0 spiro atoms. The minimum Gasteiger partial charge on any atom is -0.495 e. The number of nitrogens with one attached hydrogen (secondary N) is 1. The Kier molecular flexibility index (Phi) is 7.12. The summed E-state index contributed by atoms with van der Waals surface area (Å²) < 4.78 is 33.4. The van der Waals surface area contributed by atoms with E-state index in [1.807, 2.05) is 26.0 Å². The zero-order valence-corrected chi connectivity index (χ0v) is 20.2. The van der Waals surface area contributed by atoms with E-state index < -0.39 is 10.0 Å². The molecule has 2 aromatic rings. The van der Waals surface area contributed by atoms with Crippen LogP contribution >= 0.6 is 27.5 Å². The van der Waals surface area contributed by atoms with E-state index in [4.69, 9.17) is 16.3 Å². The van der Waals surface area contributed by atoms with Crippen LogP contribution in [0.5, 0.6) is 5.75 Å². The number of hydrogen-bond acceptors (Lipinski definition) is 4. The summed E-state index contributed by atoms with van der Waals surface area (Å²) in [5, 5.41) is 3.27. The number of carbonyl (C=O) groups is 1. The summed E-state index contributed by atoms with van der Waals surface area (Å²) in [7, 11) is -2.20. The number of hydrogen-bond donors (Lipinski definition) is 1. The van der Waals surface area contributed by atoms with Gasteiger partial charge in [0, 0.05) is 29.2 Å². The van der Waals surface area contributed by atoms with Crippen LogP contribution in [0.4, 0.5) is 5.69 Å². The van der Waals surface area contributed by atoms with Gasteiger partial charge in [-0.2, -0.15) is 4.31 Å². The summed E-state index contributed by atoms with van der Waals surface area (Å²) in [5.74, 6) is 0.107. The summed E-state index contributed by atoms with van der Waals surface area (Å²) in [6, 6.07) is 8.33. The van der Waals surface area contributed by atoms with Crippen molar-refractivity contribution in [3.63, 3.8) is 0 Å². The number of nitrogens with zero attached hydrogens (tertiary/aromatic N) is 1. The summed E-state index contributed by atoms with van der Waals surface area (Å²) in [5.41, 5.74) is 2.77. The monoisotopic (exact) mass is 514 g/mol. The SMILES string of the molecule is COc1ccc(S(=O)(=O)N2CCC(C(=O)Nc3c(C)cc(Br)cc3C)CC2)cc1Cl. The van der Waals surface area contributed by atoms with Gasteiger partial charge in [-0.3, -0.25) is 4.79 Å². The Morgan fingerprint density at radius 2 is 1.77 bits per heavy atom. The van der Waals surface area contributed by atoms with Gasteiger partial charge in [0.25, 0.3) is 0 Å². The highest BCUT2D eigenvalue weighted by molar-refractivity contribution is 9.10. The van der Waals surface area contributed by atoms with E-state index in [2.05, 4.69) is 21.2 Å². The highest BCUT2D eigenvalue weighted by Crippen LogP contribution is 2.31. The molecule has 0 radical (unpaired) electrons. The second-order valence-corrected chi connectivity index (χ2v) is 10.6. The molecule has 0 aromatic heterocycles. The van der Waals surface area contributed by atoms with Crippen molar-refractivity contribution in [1.82, 2.24) is 4.31 Å². The van der Waals surface area contributed by atoms with Crippen molar-refractivity contribution >= 4 is 49.1 Å². The molecule has 1 N–H and O–H groups in total. The lowest BCUT2D eigenvalue weighted by Gasteiger charge is -2.31. The first-order valence-electron chi connectivity index (χ1n) is 9.54. The first kappa shape index (κ1) is 23.1. The quantitative estimate of drug-likeness (QED) is 0.622. The number of amides is 1. The molecule has 162 valence electrons. The molecule has 0 unspecified atom stereocenters. The highest BCUT2D eigenvalue weighted by atomic mass is 79.9. The molecule has 0 atom stereocenters. The van der Waals surface area contributed by atoms with E-state index in [1.54, 1.807) is 0 Å². The lowest BCUT2D eigenvalue weighted by atomic mass is 9.96. The second kappa shape index (κ2) is 9.26. The lowest BCUT2D eigenvalue weighted by Crippen LogP contribution is -2.41. The first-order valence-corrected chi connectivity index (χ1v) is 12.2. The topological polar surface area (TPSA) is 75.7 Å². The molecule has 1 amide bonds. The van der Waals surface area contributed by atoms with Crippen LogP contribution in [0.2, 0.25) is 5.02 Å². The van der Waals surface area contributed by atoms with Crippen molar-refractivity contribution in [3.8, 4) is 5.75 Å². The fourth-order valence-corrected chi connectivity index (χ4v) is 6.15. The van der Waals surface area contributed by atoms with Crippen LogP contribution in [-0.4, -0.2) is 38.8 Å². The fraction of sp³-hybridized carbons (Fsp3) is 0.381. The third-order valence-electron chi connectivity index (χ3n) is 5.33. The van der Waals surface area contributed by atoms with Crippen molar-refractivity contribution in [2.45, 2.75) is 31.6 Å². The smallest absolute Gasteiger partial charge is 0.243 e. The van der Waals surface area contributed by atoms with Gasteiger partial charge in [-0.15, -0.1) is 0 Å². The van der Waals surface area contributed by atoms with Gasteiger partial charge in [0.2, 0.25) is 15.9 Å². The van der Waals surface area contributed by atoms with Gasteiger partial charge in [0.05, 0.1) is 17.0 Å². The number of rotatable bonds is 5. The van der Waals surface area contributed by atoms with Crippen molar-refractivity contribution in [2.75, 3.05) is 25.5 Å². The third-order valence-corrected chi connectivity index (χ3v) is 7.98. The van der Waals surface area contributed by atoms with Crippen LogP contribution in [0.3, 0.4) is 0 Å². The third kappa shape index (κ3) is 4.82. The number of benzene rings is 2. The number of piperidine rings is 1. The average molecular weight is 516 g/mol. The molecule has 1 saturated heterocycles. The van der Waals surface area contributed by atoms with Gasteiger partial charge < -0.3 is 10.1 Å². The molecule has 1 heterocycles. The Labute approximate surface area is 190 Å². The van der Waals surface area contributed by atoms with E-state index in [9.17, 15) is 13.2 Å². The second-order valence-electron chi connectivity index (χ2n) is 7.38. The van der Waals surface area contributed by atoms with E-state index in [0.29, 0.717) is 18.6 Å². The normalized spacial score (nSPS) is 15.8. The zero-order valence-electron chi connectivity index (χ0n) is 17.0. The molecule has 6 nitrogen and oxygen atoms in total. The van der Waals surface area contributed by atoms with Crippen molar-refractivity contribution in [1.29, 1.82) is 0 Å². The van der Waals surface area contributed by atoms with Gasteiger partial charge in [-0.1, -0.05) is 27.5 Å². The predicted octanol–water partition coefficient (Wildman–Crippen LogP) is 4.77. The van der Waals surface area contributed by atoms with Crippen molar-refractivity contribution in [2.24, 2.45) is 5.92 Å². The maximum atomic E-state index is 12.9. The number of halogens is 2. The van der Waals surface area contributed by atoms with Crippen molar-refractivity contribution in [3.05, 3.63) is 51.0 Å². The van der Waals surface area contributed by atoms with Crippen LogP contribution in [-0.2, 0) is 14.8 Å². The van der Waals surface area contributed by atoms with Gasteiger partial charge in [0.1, 0.15) is 5.75 Å². The molecule has 1 aliphatic rings. The Morgan fingerprint density at radius 3 is 2.30 bits per heavy atom. The maximum Gasteiger partial charge on any atom is 0.243 e. The standard InChI is InChI=1S/C21H24BrClN2O4S/c1-13-10-16(22)11-14(2)20(13)24-21(26)15-6-8-25(9-7-15)30(27,28)17-4-5-19(29-3)18(23)12-17/h4-5,10-12,15H,6-9H2,1-3H3,(H,24,26). The minimum absolute atomic E-state index is 0.0759. The van der Waals surface area contributed by atoms with Gasteiger partial charge in [-0.05, 0) is 68.1 Å². The van der Waals surface area contributed by atoms with E-state index in [-0.39, 0.29) is 34.8 Å². The van der Waals surface area contributed by atoms with E-state index >= 15 is 0 Å². The van der Waals surface area contributed by atoms with E-state index in [1.165, 1.54) is 29.6 Å². The number of sulfonamides is 1. The number of aryl methyl sites for hydroxylation is 2. The molecular formula is C21H24BrClN2O4S. The molecule has 0 bridgehead atoms. The van der Waals surface area contributed by atoms with Crippen LogP contribution in [0.1, 0.15) is 24.0 Å². The van der Waals surface area contributed by atoms with Crippen LogP contribution in [0.15, 0.2) is 39.7 Å². The predicted molar refractivity (Wildman–Crippen MR) is 122 cm³/mol. The number of anilines is 1. The van der Waals surface area contributed by atoms with Gasteiger partial charge >= 0.3 is 0 Å². The zero-order chi connectivity index (χ0) is 22.1. The highest BCUT2D eigenvalue weighted by Gasteiger charge is 2.32. The first-order chi connectivity index (χ1) is 14.1. The molecule has 0 saturated carbocycles. The van der Waals surface area contributed by atoms with Gasteiger partial charge in [-0.25, -0.2) is 8.42 Å². The summed E-state index contributed by atoms with van der Waals surface area (Å²) in [4.78, 5) is 12.9. The molecule has 2 aromatic carbocycles. The Morgan fingerprint density at radius 1 is 1.17 bits per heavy atom. The number of carbonyl (C=O) groups excluding carboxylic acids is 1.